The predicted octanol–water partition coefficient (Wildman–Crippen LogP) is 1.35. The highest BCUT2D eigenvalue weighted by atomic mass is 32.2. The number of nitrogens with two attached hydrogens (primary N) is 1. The van der Waals surface area contributed by atoms with E-state index in [0.29, 0.717) is 12.3 Å². The Bertz CT molecular complexity index is 486. The molecule has 0 unspecified atom stereocenters. The van der Waals surface area contributed by atoms with Crippen molar-refractivity contribution in [3.63, 3.8) is 0 Å². The third-order valence-corrected chi connectivity index (χ3v) is 4.68. The smallest absolute Gasteiger partial charge is 0.234 e. The van der Waals surface area contributed by atoms with E-state index < -0.39 is 0 Å². The maximum absolute atomic E-state index is 11.4. The molecule has 0 aromatic heterocycles. The fourth-order valence-corrected chi connectivity index (χ4v) is 3.28. The summed E-state index contributed by atoms with van der Waals surface area (Å²) in [4.78, 5) is 12.6. The zero-order valence-corrected chi connectivity index (χ0v) is 10.9. The van der Waals surface area contributed by atoms with Crippen molar-refractivity contribution >= 4 is 23.4 Å². The fourth-order valence-electron chi connectivity index (χ4n) is 2.49. The number of amides is 1. The van der Waals surface area contributed by atoms with Gasteiger partial charge in [-0.05, 0) is 30.7 Å². The molecule has 1 fully saturated rings. The minimum atomic E-state index is 0.0522. The Hall–Kier alpha value is -1.04. The van der Waals surface area contributed by atoms with Crippen molar-refractivity contribution < 1.29 is 9.53 Å². The van der Waals surface area contributed by atoms with Gasteiger partial charge in [-0.3, -0.25) is 4.79 Å². The van der Waals surface area contributed by atoms with Gasteiger partial charge in [0.2, 0.25) is 5.91 Å². The lowest BCUT2D eigenvalue weighted by atomic mass is 9.76. The van der Waals surface area contributed by atoms with Gasteiger partial charge in [-0.1, -0.05) is 6.07 Å². The number of anilines is 1. The fraction of sp³-hybridized carbons (Fsp3) is 0.462. The van der Waals surface area contributed by atoms with Crippen LogP contribution < -0.4 is 11.1 Å². The van der Waals surface area contributed by atoms with Crippen LogP contribution in [0.1, 0.15) is 12.0 Å². The minimum Gasteiger partial charge on any atom is -0.379 e. The van der Waals surface area contributed by atoms with Gasteiger partial charge < -0.3 is 15.8 Å². The highest BCUT2D eigenvalue weighted by Crippen LogP contribution is 2.40. The largest absolute Gasteiger partial charge is 0.379 e. The molecule has 0 atom stereocenters. The van der Waals surface area contributed by atoms with E-state index in [-0.39, 0.29) is 11.3 Å². The van der Waals surface area contributed by atoms with Gasteiger partial charge in [-0.2, -0.15) is 0 Å². The molecule has 1 aromatic rings. The van der Waals surface area contributed by atoms with Crippen LogP contribution in [0, 0.1) is 0 Å². The Morgan fingerprint density at radius 3 is 2.94 bits per heavy atom. The average Bonchev–Trinajstić information content (AvgIpc) is 2.33. The van der Waals surface area contributed by atoms with Crippen molar-refractivity contribution in [2.24, 2.45) is 5.73 Å². The molecule has 0 spiro atoms. The molecule has 1 amide bonds. The van der Waals surface area contributed by atoms with E-state index >= 15 is 0 Å². The van der Waals surface area contributed by atoms with Gasteiger partial charge in [-0.25, -0.2) is 0 Å². The number of nitrogens with one attached hydrogen (secondary N) is 1. The van der Waals surface area contributed by atoms with Crippen molar-refractivity contribution in [2.75, 3.05) is 30.8 Å². The predicted molar refractivity (Wildman–Crippen MR) is 72.0 cm³/mol. The average molecular weight is 264 g/mol. The monoisotopic (exact) mass is 264 g/mol. The maximum Gasteiger partial charge on any atom is 0.234 e. The summed E-state index contributed by atoms with van der Waals surface area (Å²) < 4.78 is 5.36. The number of rotatable bonds is 3. The van der Waals surface area contributed by atoms with Crippen LogP contribution in [-0.4, -0.2) is 31.4 Å². The van der Waals surface area contributed by atoms with Crippen LogP contribution in [-0.2, 0) is 14.9 Å². The number of fused-ring (bicyclic) bond motifs is 1. The first-order chi connectivity index (χ1) is 8.73. The Balaban J connectivity index is 1.93. The summed E-state index contributed by atoms with van der Waals surface area (Å²) in [6, 6.07) is 6.31. The van der Waals surface area contributed by atoms with Crippen molar-refractivity contribution in [3.05, 3.63) is 23.8 Å². The first-order valence-electron chi connectivity index (χ1n) is 6.08. The number of carbonyl (C=O) groups is 1. The molecule has 2 aliphatic rings. The Kier molecular flexibility index (Phi) is 3.05. The standard InChI is InChI=1S/C13H16N2O2S/c14-4-3-13(7-17-8-13)9-1-2-11-10(5-9)15-12(16)6-18-11/h1-2,5H,3-4,6-8,14H2,(H,15,16). The molecule has 18 heavy (non-hydrogen) atoms. The Labute approximate surface area is 110 Å². The van der Waals surface area contributed by atoms with Crippen molar-refractivity contribution in [1.82, 2.24) is 0 Å². The number of benzene rings is 1. The van der Waals surface area contributed by atoms with Crippen LogP contribution in [0.5, 0.6) is 0 Å². The molecule has 0 bridgehead atoms. The third kappa shape index (κ3) is 1.92. The normalized spacial score (nSPS) is 20.8. The van der Waals surface area contributed by atoms with E-state index in [1.165, 1.54) is 5.56 Å². The molecular formula is C13H16N2O2S. The lowest BCUT2D eigenvalue weighted by molar-refractivity contribution is -0.113. The van der Waals surface area contributed by atoms with Crippen molar-refractivity contribution in [3.8, 4) is 0 Å². The minimum absolute atomic E-state index is 0.0522. The van der Waals surface area contributed by atoms with Gasteiger partial charge in [0, 0.05) is 10.3 Å². The van der Waals surface area contributed by atoms with E-state index in [9.17, 15) is 4.79 Å². The van der Waals surface area contributed by atoms with E-state index in [1.54, 1.807) is 11.8 Å². The number of hydrogen-bond acceptors (Lipinski definition) is 4. The van der Waals surface area contributed by atoms with Gasteiger partial charge in [0.05, 0.1) is 24.7 Å². The summed E-state index contributed by atoms with van der Waals surface area (Å²) in [7, 11) is 0. The van der Waals surface area contributed by atoms with Crippen LogP contribution in [0.4, 0.5) is 5.69 Å². The summed E-state index contributed by atoms with van der Waals surface area (Å²) in [5.41, 5.74) is 7.89. The van der Waals surface area contributed by atoms with Crippen LogP contribution >= 0.6 is 11.8 Å². The van der Waals surface area contributed by atoms with Gasteiger partial charge >= 0.3 is 0 Å². The van der Waals surface area contributed by atoms with Crippen LogP contribution in [0.15, 0.2) is 23.1 Å². The second-order valence-corrected chi connectivity index (χ2v) is 5.88. The van der Waals surface area contributed by atoms with Gasteiger partial charge in [0.15, 0.2) is 0 Å². The molecule has 5 heteroatoms. The number of ether oxygens (including phenoxy) is 1. The molecule has 1 aromatic carbocycles. The van der Waals surface area contributed by atoms with Crippen molar-refractivity contribution in [1.29, 1.82) is 0 Å². The summed E-state index contributed by atoms with van der Waals surface area (Å²) in [5.74, 6) is 0.575. The number of carbonyl (C=O) groups excluding carboxylic acids is 1. The molecule has 96 valence electrons. The second-order valence-electron chi connectivity index (χ2n) is 4.86. The number of hydrogen-bond donors (Lipinski definition) is 2. The van der Waals surface area contributed by atoms with Crippen LogP contribution in [0.25, 0.3) is 0 Å². The van der Waals surface area contributed by atoms with E-state index in [2.05, 4.69) is 23.5 Å². The number of thioether (sulfide) groups is 1. The lowest BCUT2D eigenvalue weighted by Gasteiger charge is -2.42. The lowest BCUT2D eigenvalue weighted by Crippen LogP contribution is -2.48. The van der Waals surface area contributed by atoms with Crippen molar-refractivity contribution in [2.45, 2.75) is 16.7 Å². The Morgan fingerprint density at radius 1 is 1.44 bits per heavy atom. The quantitative estimate of drug-likeness (QED) is 0.865. The molecular weight excluding hydrogens is 248 g/mol. The van der Waals surface area contributed by atoms with Crippen LogP contribution in [0.2, 0.25) is 0 Å². The van der Waals surface area contributed by atoms with Crippen LogP contribution in [0.3, 0.4) is 0 Å². The van der Waals surface area contributed by atoms with E-state index in [4.69, 9.17) is 10.5 Å². The summed E-state index contributed by atoms with van der Waals surface area (Å²) in [6.45, 7) is 2.11. The molecule has 3 rings (SSSR count). The van der Waals surface area contributed by atoms with Gasteiger partial charge in [0.1, 0.15) is 0 Å². The topological polar surface area (TPSA) is 64.3 Å². The molecule has 4 nitrogen and oxygen atoms in total. The first-order valence-corrected chi connectivity index (χ1v) is 7.07. The highest BCUT2D eigenvalue weighted by Gasteiger charge is 2.40. The zero-order chi connectivity index (χ0) is 12.6. The van der Waals surface area contributed by atoms with E-state index in [0.717, 1.165) is 30.2 Å². The SMILES string of the molecule is NCCC1(c2ccc3c(c2)NC(=O)CS3)COC1. The second kappa shape index (κ2) is 4.57. The molecule has 0 radical (unpaired) electrons. The molecule has 0 saturated carbocycles. The maximum atomic E-state index is 11.4. The van der Waals surface area contributed by atoms with Gasteiger partial charge in [-0.15, -0.1) is 11.8 Å². The third-order valence-electron chi connectivity index (χ3n) is 3.60. The molecule has 3 N–H and O–H groups in total. The highest BCUT2D eigenvalue weighted by molar-refractivity contribution is 8.00. The summed E-state index contributed by atoms with van der Waals surface area (Å²) in [5, 5.41) is 2.93. The molecule has 2 aliphatic heterocycles. The van der Waals surface area contributed by atoms with Gasteiger partial charge in [0.25, 0.3) is 0 Å². The summed E-state index contributed by atoms with van der Waals surface area (Å²) >= 11 is 1.59. The molecule has 1 saturated heterocycles. The molecule has 0 aliphatic carbocycles. The molecule has 2 heterocycles. The Morgan fingerprint density at radius 2 is 2.28 bits per heavy atom. The summed E-state index contributed by atoms with van der Waals surface area (Å²) in [6.07, 6.45) is 0.923. The zero-order valence-electron chi connectivity index (χ0n) is 10.1. The first kappa shape index (κ1) is 12.0. The van der Waals surface area contributed by atoms with E-state index in [1.807, 2.05) is 0 Å².